The van der Waals surface area contributed by atoms with Gasteiger partial charge in [-0.1, -0.05) is 62.4 Å². The number of hydrogen-bond acceptors (Lipinski definition) is 4. The number of likely N-dealkylation sites (tertiary alicyclic amines) is 1. The van der Waals surface area contributed by atoms with Crippen molar-refractivity contribution in [3.05, 3.63) is 65.7 Å². The first-order valence-electron chi connectivity index (χ1n) is 10.0. The molecule has 1 saturated heterocycles. The van der Waals surface area contributed by atoms with Crippen LogP contribution in [0.4, 0.5) is 0 Å². The summed E-state index contributed by atoms with van der Waals surface area (Å²) in [5.41, 5.74) is 2.54. The van der Waals surface area contributed by atoms with E-state index < -0.39 is 6.10 Å². The van der Waals surface area contributed by atoms with Crippen molar-refractivity contribution in [3.63, 3.8) is 0 Å². The molecule has 2 aromatic carbocycles. The molecule has 0 aromatic heterocycles. The standard InChI is InChI=1S/C23H32N2O2/c1-18(2)22-10-6-7-11-23(22)27-17-21(26)14-24-20-12-13-25(16-20)15-19-8-4-3-5-9-19/h3-11,18,20-21,24,26H,12-17H2,1-2H3/t20-,21-/m1/s1. The molecule has 0 saturated carbocycles. The van der Waals surface area contributed by atoms with Gasteiger partial charge >= 0.3 is 0 Å². The molecule has 4 nitrogen and oxygen atoms in total. The van der Waals surface area contributed by atoms with Crippen LogP contribution >= 0.6 is 0 Å². The zero-order valence-corrected chi connectivity index (χ0v) is 16.5. The van der Waals surface area contributed by atoms with Gasteiger partial charge in [-0.05, 0) is 29.5 Å². The summed E-state index contributed by atoms with van der Waals surface area (Å²) in [6, 6.07) is 19.1. The van der Waals surface area contributed by atoms with Gasteiger partial charge < -0.3 is 15.2 Å². The van der Waals surface area contributed by atoms with E-state index in [2.05, 4.69) is 60.5 Å². The summed E-state index contributed by atoms with van der Waals surface area (Å²) in [6.07, 6.45) is 0.616. The van der Waals surface area contributed by atoms with Crippen LogP contribution in [-0.2, 0) is 6.54 Å². The lowest BCUT2D eigenvalue weighted by Gasteiger charge is -2.19. The lowest BCUT2D eigenvalue weighted by molar-refractivity contribution is 0.103. The molecule has 3 rings (SSSR count). The Morgan fingerprint density at radius 1 is 1.11 bits per heavy atom. The van der Waals surface area contributed by atoms with Crippen LogP contribution in [-0.4, -0.2) is 48.4 Å². The van der Waals surface area contributed by atoms with E-state index in [1.165, 1.54) is 11.1 Å². The molecular formula is C23H32N2O2. The predicted octanol–water partition coefficient (Wildman–Crippen LogP) is 3.41. The Bertz CT molecular complexity index is 690. The van der Waals surface area contributed by atoms with Crippen LogP contribution in [0.3, 0.4) is 0 Å². The van der Waals surface area contributed by atoms with Gasteiger partial charge in [0.05, 0.1) is 0 Å². The van der Waals surface area contributed by atoms with Crippen LogP contribution in [0, 0.1) is 0 Å². The molecule has 0 spiro atoms. The monoisotopic (exact) mass is 368 g/mol. The molecule has 1 aliphatic heterocycles. The first-order chi connectivity index (χ1) is 13.1. The van der Waals surface area contributed by atoms with E-state index in [1.807, 2.05) is 18.2 Å². The van der Waals surface area contributed by atoms with Gasteiger partial charge in [0.15, 0.2) is 0 Å². The van der Waals surface area contributed by atoms with E-state index in [9.17, 15) is 5.11 Å². The Balaban J connectivity index is 1.38. The molecule has 27 heavy (non-hydrogen) atoms. The SMILES string of the molecule is CC(C)c1ccccc1OC[C@H](O)CN[C@@H]1CCN(Cc2ccccc2)C1. The molecule has 146 valence electrons. The first-order valence-corrected chi connectivity index (χ1v) is 10.0. The molecule has 1 heterocycles. The Hall–Kier alpha value is -1.88. The number of rotatable bonds is 9. The highest BCUT2D eigenvalue weighted by Crippen LogP contribution is 2.25. The Morgan fingerprint density at radius 3 is 2.63 bits per heavy atom. The lowest BCUT2D eigenvalue weighted by Crippen LogP contribution is -2.39. The summed E-state index contributed by atoms with van der Waals surface area (Å²) in [5, 5.41) is 13.8. The minimum atomic E-state index is -0.506. The van der Waals surface area contributed by atoms with E-state index in [0.717, 1.165) is 31.8 Å². The zero-order chi connectivity index (χ0) is 19.1. The smallest absolute Gasteiger partial charge is 0.122 e. The van der Waals surface area contributed by atoms with Gasteiger partial charge in [0.2, 0.25) is 0 Å². The van der Waals surface area contributed by atoms with Gasteiger partial charge in [-0.2, -0.15) is 0 Å². The van der Waals surface area contributed by atoms with Crippen molar-refractivity contribution < 1.29 is 9.84 Å². The van der Waals surface area contributed by atoms with Crippen molar-refractivity contribution >= 4 is 0 Å². The van der Waals surface area contributed by atoms with Crippen LogP contribution < -0.4 is 10.1 Å². The summed E-state index contributed by atoms with van der Waals surface area (Å²) in [6.45, 7) is 8.31. The fourth-order valence-electron chi connectivity index (χ4n) is 3.62. The molecule has 1 aliphatic rings. The minimum absolute atomic E-state index is 0.317. The number of nitrogens with zero attached hydrogens (tertiary/aromatic N) is 1. The molecule has 1 fully saturated rings. The normalized spacial score (nSPS) is 18.7. The van der Waals surface area contributed by atoms with Gasteiger partial charge in [0, 0.05) is 32.2 Å². The lowest BCUT2D eigenvalue weighted by atomic mass is 10.0. The zero-order valence-electron chi connectivity index (χ0n) is 16.5. The number of para-hydroxylation sites is 1. The summed E-state index contributed by atoms with van der Waals surface area (Å²) in [7, 11) is 0. The maximum atomic E-state index is 10.3. The Morgan fingerprint density at radius 2 is 1.85 bits per heavy atom. The highest BCUT2D eigenvalue weighted by atomic mass is 16.5. The van der Waals surface area contributed by atoms with Crippen molar-refractivity contribution in [1.82, 2.24) is 10.2 Å². The van der Waals surface area contributed by atoms with Crippen LogP contribution in [0.15, 0.2) is 54.6 Å². The minimum Gasteiger partial charge on any atom is -0.491 e. The van der Waals surface area contributed by atoms with Gasteiger partial charge in [-0.25, -0.2) is 0 Å². The van der Waals surface area contributed by atoms with E-state index in [-0.39, 0.29) is 0 Å². The summed E-state index contributed by atoms with van der Waals surface area (Å²) >= 11 is 0. The summed E-state index contributed by atoms with van der Waals surface area (Å²) in [5.74, 6) is 1.28. The van der Waals surface area contributed by atoms with Gasteiger partial charge in [-0.15, -0.1) is 0 Å². The van der Waals surface area contributed by atoms with Crippen LogP contribution in [0.2, 0.25) is 0 Å². The largest absolute Gasteiger partial charge is 0.491 e. The number of hydrogen-bond donors (Lipinski definition) is 2. The first kappa shape index (κ1) is 19.9. The Kier molecular flexibility index (Phi) is 7.27. The second-order valence-corrected chi connectivity index (χ2v) is 7.77. The fraction of sp³-hybridized carbons (Fsp3) is 0.478. The third-order valence-corrected chi connectivity index (χ3v) is 5.14. The summed E-state index contributed by atoms with van der Waals surface area (Å²) < 4.78 is 5.88. The van der Waals surface area contributed by atoms with Gasteiger partial charge in [-0.3, -0.25) is 4.90 Å². The molecule has 2 N–H and O–H groups in total. The fourth-order valence-corrected chi connectivity index (χ4v) is 3.62. The molecule has 2 atom stereocenters. The molecule has 0 bridgehead atoms. The topological polar surface area (TPSA) is 44.7 Å². The number of nitrogens with one attached hydrogen (secondary N) is 1. The summed E-state index contributed by atoms with van der Waals surface area (Å²) in [4.78, 5) is 2.47. The van der Waals surface area contributed by atoms with Gasteiger partial charge in [0.25, 0.3) is 0 Å². The third kappa shape index (κ3) is 6.06. The van der Waals surface area contributed by atoms with E-state index >= 15 is 0 Å². The highest BCUT2D eigenvalue weighted by molar-refractivity contribution is 5.35. The number of aliphatic hydroxyl groups is 1. The molecule has 4 heteroatoms. The number of ether oxygens (including phenoxy) is 1. The maximum Gasteiger partial charge on any atom is 0.122 e. The average Bonchev–Trinajstić information content (AvgIpc) is 3.13. The highest BCUT2D eigenvalue weighted by Gasteiger charge is 2.22. The molecule has 0 radical (unpaired) electrons. The quantitative estimate of drug-likeness (QED) is 0.712. The molecular weight excluding hydrogens is 336 g/mol. The second kappa shape index (κ2) is 9.88. The van der Waals surface area contributed by atoms with Crippen molar-refractivity contribution in [2.24, 2.45) is 0 Å². The number of benzene rings is 2. The molecule has 2 aromatic rings. The third-order valence-electron chi connectivity index (χ3n) is 5.14. The molecule has 0 unspecified atom stereocenters. The van der Waals surface area contributed by atoms with Crippen molar-refractivity contribution in [2.75, 3.05) is 26.2 Å². The van der Waals surface area contributed by atoms with Crippen LogP contribution in [0.1, 0.15) is 37.3 Å². The van der Waals surface area contributed by atoms with Crippen molar-refractivity contribution in [3.8, 4) is 5.75 Å². The van der Waals surface area contributed by atoms with E-state index in [0.29, 0.717) is 25.1 Å². The van der Waals surface area contributed by atoms with E-state index in [4.69, 9.17) is 4.74 Å². The average molecular weight is 369 g/mol. The van der Waals surface area contributed by atoms with E-state index in [1.54, 1.807) is 0 Å². The van der Waals surface area contributed by atoms with Gasteiger partial charge in [0.1, 0.15) is 18.5 Å². The predicted molar refractivity (Wildman–Crippen MR) is 110 cm³/mol. The second-order valence-electron chi connectivity index (χ2n) is 7.77. The van der Waals surface area contributed by atoms with Crippen LogP contribution in [0.25, 0.3) is 0 Å². The molecule has 0 aliphatic carbocycles. The molecule has 0 amide bonds. The maximum absolute atomic E-state index is 10.3. The van der Waals surface area contributed by atoms with Crippen molar-refractivity contribution in [1.29, 1.82) is 0 Å². The number of aliphatic hydroxyl groups excluding tert-OH is 1. The Labute approximate surface area is 163 Å². The van der Waals surface area contributed by atoms with Crippen molar-refractivity contribution in [2.45, 2.75) is 44.9 Å². The van der Waals surface area contributed by atoms with Crippen LogP contribution in [0.5, 0.6) is 5.75 Å².